The number of piperidine rings is 1. The molecule has 2 aliphatic rings. The monoisotopic (exact) mass is 371 g/mol. The number of nitrogens with zero attached hydrogens (tertiary/aromatic N) is 1. The Hall–Kier alpha value is -1.65. The molecule has 0 spiro atoms. The first-order valence-electron chi connectivity index (χ1n) is 7.97. The first-order chi connectivity index (χ1) is 11.2. The summed E-state index contributed by atoms with van der Waals surface area (Å²) in [5, 5.41) is 0. The van der Waals surface area contributed by atoms with Crippen molar-refractivity contribution < 1.29 is 9.53 Å². The summed E-state index contributed by atoms with van der Waals surface area (Å²) in [6.45, 7) is 0.577. The maximum atomic E-state index is 12.5. The highest BCUT2D eigenvalue weighted by Gasteiger charge is 2.46. The minimum Gasteiger partial charge on any atom is -0.355 e. The molecule has 0 radical (unpaired) electrons. The summed E-state index contributed by atoms with van der Waals surface area (Å²) in [5.41, 5.74) is 2.39. The maximum absolute atomic E-state index is 12.5. The first-order valence-corrected chi connectivity index (χ1v) is 8.76. The molecule has 3 atom stereocenters. The molecule has 23 heavy (non-hydrogen) atoms. The molecule has 0 aliphatic carbocycles. The van der Waals surface area contributed by atoms with Crippen molar-refractivity contribution in [3.05, 3.63) is 70.2 Å². The standard InChI is InChI=1S/C19H18BrNO2/c20-15-8-6-13(7-9-15)16-10-11-18(22)21-17(12-23-19(16)21)14-4-2-1-3-5-14/h1-9,16-17,19H,10-12H2. The SMILES string of the molecule is O=C1CCC(c2ccc(Br)cc2)C2OCC(c3ccccc3)N12. The number of amides is 1. The van der Waals surface area contributed by atoms with Gasteiger partial charge in [-0.2, -0.15) is 0 Å². The van der Waals surface area contributed by atoms with Gasteiger partial charge in [-0.1, -0.05) is 58.4 Å². The molecular formula is C19H18BrNO2. The van der Waals surface area contributed by atoms with Crippen LogP contribution in [0.3, 0.4) is 0 Å². The van der Waals surface area contributed by atoms with E-state index in [0.29, 0.717) is 13.0 Å². The van der Waals surface area contributed by atoms with Crippen LogP contribution in [0.1, 0.15) is 35.9 Å². The highest BCUT2D eigenvalue weighted by molar-refractivity contribution is 9.10. The molecule has 0 bridgehead atoms. The van der Waals surface area contributed by atoms with Gasteiger partial charge < -0.3 is 9.64 Å². The molecular weight excluding hydrogens is 354 g/mol. The highest BCUT2D eigenvalue weighted by atomic mass is 79.9. The summed E-state index contributed by atoms with van der Waals surface area (Å²) in [4.78, 5) is 14.5. The fourth-order valence-corrected chi connectivity index (χ4v) is 3.94. The quantitative estimate of drug-likeness (QED) is 0.789. The van der Waals surface area contributed by atoms with Crippen LogP contribution in [0.15, 0.2) is 59.1 Å². The second kappa shape index (κ2) is 6.10. The van der Waals surface area contributed by atoms with Crippen LogP contribution in [0.4, 0.5) is 0 Å². The van der Waals surface area contributed by atoms with Gasteiger partial charge in [0.25, 0.3) is 0 Å². The zero-order valence-corrected chi connectivity index (χ0v) is 14.3. The number of rotatable bonds is 2. The van der Waals surface area contributed by atoms with Crippen LogP contribution in [0.2, 0.25) is 0 Å². The second-order valence-electron chi connectivity index (χ2n) is 6.15. The lowest BCUT2D eigenvalue weighted by atomic mass is 9.88. The Balaban J connectivity index is 1.65. The molecule has 0 N–H and O–H groups in total. The molecule has 4 rings (SSSR count). The predicted molar refractivity (Wildman–Crippen MR) is 91.9 cm³/mol. The van der Waals surface area contributed by atoms with Crippen LogP contribution in [-0.2, 0) is 9.53 Å². The van der Waals surface area contributed by atoms with Crippen molar-refractivity contribution in [2.24, 2.45) is 0 Å². The van der Waals surface area contributed by atoms with E-state index in [1.54, 1.807) is 0 Å². The van der Waals surface area contributed by atoms with Crippen molar-refractivity contribution in [3.8, 4) is 0 Å². The van der Waals surface area contributed by atoms with E-state index >= 15 is 0 Å². The molecule has 0 saturated carbocycles. The zero-order chi connectivity index (χ0) is 15.8. The summed E-state index contributed by atoms with van der Waals surface area (Å²) in [6.07, 6.45) is 1.29. The van der Waals surface area contributed by atoms with Gasteiger partial charge in [-0.3, -0.25) is 4.79 Å². The summed E-state index contributed by atoms with van der Waals surface area (Å²) >= 11 is 3.48. The van der Waals surface area contributed by atoms with E-state index in [1.807, 2.05) is 23.1 Å². The number of carbonyl (C=O) groups excluding carboxylic acids is 1. The van der Waals surface area contributed by atoms with Gasteiger partial charge in [0.1, 0.15) is 6.23 Å². The Morgan fingerprint density at radius 1 is 1.00 bits per heavy atom. The van der Waals surface area contributed by atoms with Gasteiger partial charge in [0.15, 0.2) is 0 Å². The lowest BCUT2D eigenvalue weighted by molar-refractivity contribution is -0.144. The van der Waals surface area contributed by atoms with Gasteiger partial charge in [0.2, 0.25) is 5.91 Å². The number of ether oxygens (including phenoxy) is 1. The van der Waals surface area contributed by atoms with Gasteiger partial charge >= 0.3 is 0 Å². The number of halogens is 1. The topological polar surface area (TPSA) is 29.5 Å². The minimum absolute atomic E-state index is 0.0342. The van der Waals surface area contributed by atoms with Crippen LogP contribution in [0, 0.1) is 0 Å². The molecule has 2 heterocycles. The fourth-order valence-electron chi connectivity index (χ4n) is 3.68. The molecule has 4 heteroatoms. The van der Waals surface area contributed by atoms with Crippen molar-refractivity contribution in [1.29, 1.82) is 0 Å². The van der Waals surface area contributed by atoms with Crippen LogP contribution in [0.5, 0.6) is 0 Å². The van der Waals surface area contributed by atoms with E-state index in [4.69, 9.17) is 4.74 Å². The Morgan fingerprint density at radius 2 is 1.74 bits per heavy atom. The molecule has 2 aromatic carbocycles. The molecule has 2 aliphatic heterocycles. The van der Waals surface area contributed by atoms with Crippen molar-refractivity contribution >= 4 is 21.8 Å². The Bertz CT molecular complexity index is 701. The average molecular weight is 372 g/mol. The van der Waals surface area contributed by atoms with Crippen molar-refractivity contribution in [3.63, 3.8) is 0 Å². The summed E-state index contributed by atoms with van der Waals surface area (Å²) in [5.74, 6) is 0.448. The molecule has 2 fully saturated rings. The molecule has 3 nitrogen and oxygen atoms in total. The molecule has 3 unspecified atom stereocenters. The number of fused-ring (bicyclic) bond motifs is 1. The van der Waals surface area contributed by atoms with E-state index in [0.717, 1.165) is 16.5 Å². The largest absolute Gasteiger partial charge is 0.355 e. The van der Waals surface area contributed by atoms with Gasteiger partial charge in [0.05, 0.1) is 12.6 Å². The third kappa shape index (κ3) is 2.70. The molecule has 0 aromatic heterocycles. The summed E-state index contributed by atoms with van der Waals surface area (Å²) in [6, 6.07) is 18.6. The summed E-state index contributed by atoms with van der Waals surface area (Å²) in [7, 11) is 0. The number of hydrogen-bond acceptors (Lipinski definition) is 2. The molecule has 2 saturated heterocycles. The average Bonchev–Trinajstić information content (AvgIpc) is 3.03. The molecule has 2 aromatic rings. The summed E-state index contributed by atoms with van der Waals surface area (Å²) < 4.78 is 7.15. The van der Waals surface area contributed by atoms with Crippen LogP contribution in [0.25, 0.3) is 0 Å². The van der Waals surface area contributed by atoms with Crippen molar-refractivity contribution in [1.82, 2.24) is 4.90 Å². The first kappa shape index (κ1) is 14.9. The van der Waals surface area contributed by atoms with Gasteiger partial charge in [0, 0.05) is 16.8 Å². The molecule has 1 amide bonds. The third-order valence-electron chi connectivity index (χ3n) is 4.82. The number of hydrogen-bond donors (Lipinski definition) is 0. The minimum atomic E-state index is -0.150. The predicted octanol–water partition coefficient (Wildman–Crippen LogP) is 4.25. The molecule has 118 valence electrons. The van der Waals surface area contributed by atoms with E-state index < -0.39 is 0 Å². The highest BCUT2D eigenvalue weighted by Crippen LogP contribution is 2.43. The normalized spacial score (nSPS) is 27.1. The van der Waals surface area contributed by atoms with Crippen molar-refractivity contribution in [2.75, 3.05) is 6.61 Å². The Kier molecular flexibility index (Phi) is 3.95. The van der Waals surface area contributed by atoms with Crippen LogP contribution in [-0.4, -0.2) is 23.6 Å². The van der Waals surface area contributed by atoms with E-state index in [2.05, 4.69) is 52.3 Å². The van der Waals surface area contributed by atoms with E-state index in [-0.39, 0.29) is 24.1 Å². The van der Waals surface area contributed by atoms with Gasteiger partial charge in [-0.05, 0) is 29.7 Å². The van der Waals surface area contributed by atoms with Crippen molar-refractivity contribution in [2.45, 2.75) is 31.0 Å². The lowest BCUT2D eigenvalue weighted by Gasteiger charge is -2.38. The third-order valence-corrected chi connectivity index (χ3v) is 5.35. The Labute approximate surface area is 144 Å². The number of carbonyl (C=O) groups is 1. The van der Waals surface area contributed by atoms with Gasteiger partial charge in [-0.15, -0.1) is 0 Å². The zero-order valence-electron chi connectivity index (χ0n) is 12.7. The van der Waals surface area contributed by atoms with Crippen LogP contribution < -0.4 is 0 Å². The Morgan fingerprint density at radius 3 is 2.48 bits per heavy atom. The van der Waals surface area contributed by atoms with E-state index in [1.165, 1.54) is 5.56 Å². The number of benzene rings is 2. The van der Waals surface area contributed by atoms with Gasteiger partial charge in [-0.25, -0.2) is 0 Å². The lowest BCUT2D eigenvalue weighted by Crippen LogP contribution is -2.45. The second-order valence-corrected chi connectivity index (χ2v) is 7.06. The van der Waals surface area contributed by atoms with E-state index in [9.17, 15) is 4.79 Å². The van der Waals surface area contributed by atoms with Crippen LogP contribution >= 0.6 is 15.9 Å². The fraction of sp³-hybridized carbons (Fsp3) is 0.316. The smallest absolute Gasteiger partial charge is 0.225 e. The maximum Gasteiger partial charge on any atom is 0.225 e.